The largest absolute Gasteiger partial charge is 0.496 e. The molecule has 1 aliphatic rings. The quantitative estimate of drug-likeness (QED) is 0.332. The summed E-state index contributed by atoms with van der Waals surface area (Å²) in [5, 5.41) is 0.498. The molecule has 6 nitrogen and oxygen atoms in total. The second-order valence-electron chi connectivity index (χ2n) is 9.61. The zero-order chi connectivity index (χ0) is 26.2. The summed E-state index contributed by atoms with van der Waals surface area (Å²) in [5.74, 6) is -0.775. The second kappa shape index (κ2) is 9.72. The molecule has 2 heterocycles. The SMILES string of the molecule is COc1ccc(C)cc1C1(C(=O)CS(=O)(=O)c2cccc3nc(C)ccc23)CC(c2ccccc2)CO1. The lowest BCUT2D eigenvalue weighted by molar-refractivity contribution is -0.137. The van der Waals surface area contributed by atoms with E-state index in [1.54, 1.807) is 30.3 Å². The van der Waals surface area contributed by atoms with Gasteiger partial charge in [-0.15, -0.1) is 0 Å². The Morgan fingerprint density at radius 3 is 2.57 bits per heavy atom. The Bertz CT molecular complexity index is 1580. The minimum atomic E-state index is -4.00. The molecule has 2 unspecified atom stereocenters. The highest BCUT2D eigenvalue weighted by Crippen LogP contribution is 2.47. The number of ether oxygens (including phenoxy) is 2. The zero-order valence-electron chi connectivity index (χ0n) is 21.1. The van der Waals surface area contributed by atoms with Gasteiger partial charge in [0.25, 0.3) is 0 Å². The number of rotatable bonds is 7. The minimum absolute atomic E-state index is 0.0668. The van der Waals surface area contributed by atoms with Crippen LogP contribution in [0.3, 0.4) is 0 Å². The van der Waals surface area contributed by atoms with E-state index in [9.17, 15) is 13.2 Å². The number of methoxy groups -OCH3 is 1. The maximum atomic E-state index is 14.1. The predicted molar refractivity (Wildman–Crippen MR) is 143 cm³/mol. The number of fused-ring (bicyclic) bond motifs is 1. The molecule has 4 aromatic rings. The van der Waals surface area contributed by atoms with Gasteiger partial charge in [0, 0.05) is 22.6 Å². The number of nitrogens with zero attached hydrogens (tertiary/aromatic N) is 1. The molecule has 5 rings (SSSR count). The minimum Gasteiger partial charge on any atom is -0.496 e. The molecule has 1 saturated heterocycles. The van der Waals surface area contributed by atoms with E-state index in [0.717, 1.165) is 16.8 Å². The first-order chi connectivity index (χ1) is 17.7. The molecule has 190 valence electrons. The molecule has 1 fully saturated rings. The summed E-state index contributed by atoms with van der Waals surface area (Å²) in [5.41, 5.74) is 2.43. The third-order valence-corrected chi connectivity index (χ3v) is 8.73. The summed E-state index contributed by atoms with van der Waals surface area (Å²) in [4.78, 5) is 18.7. The van der Waals surface area contributed by atoms with Crippen LogP contribution in [0.2, 0.25) is 0 Å². The van der Waals surface area contributed by atoms with Crippen LogP contribution in [-0.2, 0) is 25.0 Å². The van der Waals surface area contributed by atoms with E-state index in [-0.39, 0.29) is 10.8 Å². The van der Waals surface area contributed by atoms with Crippen molar-refractivity contribution in [2.24, 2.45) is 0 Å². The van der Waals surface area contributed by atoms with Crippen molar-refractivity contribution in [2.75, 3.05) is 19.5 Å². The van der Waals surface area contributed by atoms with Crippen molar-refractivity contribution in [1.82, 2.24) is 4.98 Å². The van der Waals surface area contributed by atoms with Crippen molar-refractivity contribution in [3.63, 3.8) is 0 Å². The van der Waals surface area contributed by atoms with E-state index in [1.165, 1.54) is 13.2 Å². The van der Waals surface area contributed by atoms with Crippen LogP contribution in [-0.4, -0.2) is 38.7 Å². The van der Waals surface area contributed by atoms with Gasteiger partial charge in [0.1, 0.15) is 11.5 Å². The van der Waals surface area contributed by atoms with Gasteiger partial charge >= 0.3 is 0 Å². The molecule has 0 saturated carbocycles. The molecule has 37 heavy (non-hydrogen) atoms. The molecule has 0 radical (unpaired) electrons. The van der Waals surface area contributed by atoms with Crippen molar-refractivity contribution < 1.29 is 22.7 Å². The van der Waals surface area contributed by atoms with Gasteiger partial charge in [-0.2, -0.15) is 0 Å². The highest BCUT2D eigenvalue weighted by molar-refractivity contribution is 7.92. The average Bonchev–Trinajstić information content (AvgIpc) is 3.35. The van der Waals surface area contributed by atoms with E-state index in [1.807, 2.05) is 56.3 Å². The molecule has 1 aliphatic heterocycles. The number of hydrogen-bond donors (Lipinski definition) is 0. The normalized spacial score (nSPS) is 19.7. The number of ketones is 1. The van der Waals surface area contributed by atoms with Gasteiger partial charge in [-0.3, -0.25) is 9.78 Å². The fraction of sp³-hybridized carbons (Fsp3) is 0.267. The monoisotopic (exact) mass is 515 g/mol. The molecule has 2 atom stereocenters. The number of pyridine rings is 1. The van der Waals surface area contributed by atoms with Gasteiger partial charge in [0.15, 0.2) is 21.2 Å². The molecule has 0 amide bonds. The molecular formula is C30H29NO5S. The Labute approximate surface area is 217 Å². The highest BCUT2D eigenvalue weighted by Gasteiger charge is 2.51. The maximum Gasteiger partial charge on any atom is 0.186 e. The number of benzene rings is 3. The number of sulfone groups is 1. The van der Waals surface area contributed by atoms with Crippen molar-refractivity contribution in [3.05, 3.63) is 101 Å². The van der Waals surface area contributed by atoms with Gasteiger partial charge in [-0.25, -0.2) is 8.42 Å². The lowest BCUT2D eigenvalue weighted by atomic mass is 9.81. The average molecular weight is 516 g/mol. The van der Waals surface area contributed by atoms with E-state index in [2.05, 4.69) is 4.98 Å². The first-order valence-electron chi connectivity index (χ1n) is 12.2. The Hall–Kier alpha value is -3.55. The predicted octanol–water partition coefficient (Wildman–Crippen LogP) is 5.30. The van der Waals surface area contributed by atoms with Crippen molar-refractivity contribution in [2.45, 2.75) is 36.7 Å². The summed E-state index contributed by atoms with van der Waals surface area (Å²) in [6, 6.07) is 23.9. The first-order valence-corrected chi connectivity index (χ1v) is 13.9. The smallest absolute Gasteiger partial charge is 0.186 e. The number of aromatic nitrogens is 1. The number of carbonyl (C=O) groups excluding carboxylic acids is 1. The number of carbonyl (C=O) groups is 1. The fourth-order valence-electron chi connectivity index (χ4n) is 5.18. The van der Waals surface area contributed by atoms with Gasteiger partial charge in [0.2, 0.25) is 0 Å². The summed E-state index contributed by atoms with van der Waals surface area (Å²) < 4.78 is 39.4. The maximum absolute atomic E-state index is 14.1. The van der Waals surface area contributed by atoms with Gasteiger partial charge in [-0.1, -0.05) is 48.0 Å². The highest BCUT2D eigenvalue weighted by atomic mass is 32.2. The lowest BCUT2D eigenvalue weighted by Gasteiger charge is -2.29. The molecule has 1 aromatic heterocycles. The van der Waals surface area contributed by atoms with Crippen LogP contribution in [0.25, 0.3) is 10.9 Å². The van der Waals surface area contributed by atoms with Crippen LogP contribution in [0.4, 0.5) is 0 Å². The van der Waals surface area contributed by atoms with Crippen LogP contribution in [0.5, 0.6) is 5.75 Å². The molecular weight excluding hydrogens is 486 g/mol. The van der Waals surface area contributed by atoms with Gasteiger partial charge in [0.05, 0.1) is 24.1 Å². The summed E-state index contributed by atoms with van der Waals surface area (Å²) in [6.45, 7) is 4.07. The van der Waals surface area contributed by atoms with Gasteiger partial charge < -0.3 is 9.47 Å². The third-order valence-electron chi connectivity index (χ3n) is 7.06. The Balaban J connectivity index is 1.58. The molecule has 0 aliphatic carbocycles. The standard InChI is InChI=1S/C30H29NO5S/c1-20-12-15-27(35-3)25(16-20)30(17-23(18-36-30)22-8-5-4-6-9-22)29(32)19-37(33,34)28-11-7-10-26-24(28)14-13-21(2)31-26/h4-16,23H,17-19H2,1-3H3. The van der Waals surface area contributed by atoms with Gasteiger partial charge in [-0.05, 0) is 62.2 Å². The summed E-state index contributed by atoms with van der Waals surface area (Å²) in [6.07, 6.45) is 0.321. The molecule has 0 bridgehead atoms. The van der Waals surface area contributed by atoms with E-state index >= 15 is 0 Å². The van der Waals surface area contributed by atoms with Crippen molar-refractivity contribution in [1.29, 1.82) is 0 Å². The second-order valence-corrected chi connectivity index (χ2v) is 11.6. The number of aryl methyl sites for hydroxylation is 2. The third kappa shape index (κ3) is 4.65. The van der Waals surface area contributed by atoms with E-state index in [4.69, 9.17) is 9.47 Å². The fourth-order valence-corrected chi connectivity index (χ4v) is 6.71. The van der Waals surface area contributed by atoms with E-state index < -0.39 is 27.0 Å². The van der Waals surface area contributed by atoms with Crippen LogP contribution in [0.15, 0.2) is 83.8 Å². The first kappa shape index (κ1) is 25.1. The Morgan fingerprint density at radius 2 is 1.81 bits per heavy atom. The summed E-state index contributed by atoms with van der Waals surface area (Å²) in [7, 11) is -2.47. The molecule has 0 N–H and O–H groups in total. The molecule has 0 spiro atoms. The Kier molecular flexibility index (Phi) is 6.60. The Morgan fingerprint density at radius 1 is 1.03 bits per heavy atom. The lowest BCUT2D eigenvalue weighted by Crippen LogP contribution is -2.40. The van der Waals surface area contributed by atoms with Crippen molar-refractivity contribution >= 4 is 26.5 Å². The van der Waals surface area contributed by atoms with Crippen LogP contribution in [0, 0.1) is 13.8 Å². The summed E-state index contributed by atoms with van der Waals surface area (Å²) >= 11 is 0. The van der Waals surface area contributed by atoms with Crippen molar-refractivity contribution in [3.8, 4) is 5.75 Å². The molecule has 7 heteroatoms. The number of hydrogen-bond acceptors (Lipinski definition) is 6. The topological polar surface area (TPSA) is 82.6 Å². The van der Waals surface area contributed by atoms with Crippen LogP contribution < -0.4 is 4.74 Å². The molecule has 3 aromatic carbocycles. The zero-order valence-corrected chi connectivity index (χ0v) is 21.9. The van der Waals surface area contributed by atoms with Crippen LogP contribution >= 0.6 is 0 Å². The number of Topliss-reactive ketones (excluding diaryl/α,β-unsaturated/α-hetero) is 1. The van der Waals surface area contributed by atoms with Crippen LogP contribution in [0.1, 0.15) is 34.7 Å². The van der Waals surface area contributed by atoms with E-state index in [0.29, 0.717) is 35.2 Å².